The fourth-order valence-corrected chi connectivity index (χ4v) is 2.76. The molecule has 0 aromatic carbocycles. The number of thioether (sulfide) groups is 1. The Hall–Kier alpha value is -0.900. The van der Waals surface area contributed by atoms with Crippen molar-refractivity contribution in [3.05, 3.63) is 18.5 Å². The summed E-state index contributed by atoms with van der Waals surface area (Å²) in [6.07, 6.45) is 8.30. The number of nitrogens with zero attached hydrogens (tertiary/aromatic N) is 1. The van der Waals surface area contributed by atoms with E-state index in [0.29, 0.717) is 4.75 Å². The summed E-state index contributed by atoms with van der Waals surface area (Å²) in [5.74, 6) is 0. The fourth-order valence-electron chi connectivity index (χ4n) is 1.96. The molecule has 0 unspecified atom stereocenters. The molecule has 0 bridgehead atoms. The average molecular weight is 267 g/mol. The van der Waals surface area contributed by atoms with Gasteiger partial charge < -0.3 is 10.6 Å². The van der Waals surface area contributed by atoms with Crippen LogP contribution >= 0.6 is 11.8 Å². The van der Waals surface area contributed by atoms with E-state index >= 15 is 0 Å². The molecule has 1 rings (SSSR count). The van der Waals surface area contributed by atoms with Crippen LogP contribution < -0.4 is 10.6 Å². The molecule has 0 aliphatic carbocycles. The Morgan fingerprint density at radius 1 is 1.11 bits per heavy atom. The average Bonchev–Trinajstić information content (AvgIpc) is 2.42. The standard InChI is InChI=1S/C14H25N3S/c1-5-14(6-2,18-4)11-17-13-8-12(16-7-3)9-15-10-13/h8-10,16-17H,5-7,11H2,1-4H3. The van der Waals surface area contributed by atoms with E-state index in [1.165, 1.54) is 12.8 Å². The van der Waals surface area contributed by atoms with Crippen molar-refractivity contribution in [3.8, 4) is 0 Å². The molecule has 0 spiro atoms. The van der Waals surface area contributed by atoms with Crippen LogP contribution in [0.4, 0.5) is 11.4 Å². The number of pyridine rings is 1. The zero-order valence-corrected chi connectivity index (χ0v) is 12.7. The Balaban J connectivity index is 2.64. The lowest BCUT2D eigenvalue weighted by molar-refractivity contribution is 0.574. The summed E-state index contributed by atoms with van der Waals surface area (Å²) in [5.41, 5.74) is 2.17. The van der Waals surface area contributed by atoms with Crippen LogP contribution in [0.1, 0.15) is 33.6 Å². The lowest BCUT2D eigenvalue weighted by Crippen LogP contribution is -2.32. The van der Waals surface area contributed by atoms with E-state index < -0.39 is 0 Å². The van der Waals surface area contributed by atoms with Crippen LogP contribution in [0.25, 0.3) is 0 Å². The van der Waals surface area contributed by atoms with Gasteiger partial charge in [0.1, 0.15) is 0 Å². The Morgan fingerprint density at radius 3 is 2.22 bits per heavy atom. The number of aromatic nitrogens is 1. The maximum atomic E-state index is 4.25. The molecule has 0 saturated heterocycles. The molecule has 0 aliphatic heterocycles. The summed E-state index contributed by atoms with van der Waals surface area (Å²) < 4.78 is 0.328. The molecule has 0 aliphatic rings. The minimum Gasteiger partial charge on any atom is -0.384 e. The summed E-state index contributed by atoms with van der Waals surface area (Å²) in [6, 6.07) is 2.12. The zero-order valence-electron chi connectivity index (χ0n) is 11.9. The number of nitrogens with one attached hydrogen (secondary N) is 2. The van der Waals surface area contributed by atoms with Gasteiger partial charge in [-0.3, -0.25) is 4.98 Å². The molecule has 3 nitrogen and oxygen atoms in total. The molecule has 4 heteroatoms. The molecule has 2 N–H and O–H groups in total. The van der Waals surface area contributed by atoms with Gasteiger partial charge in [-0.1, -0.05) is 13.8 Å². The normalized spacial score (nSPS) is 11.3. The van der Waals surface area contributed by atoms with E-state index in [1.807, 2.05) is 24.2 Å². The highest BCUT2D eigenvalue weighted by Gasteiger charge is 2.24. The van der Waals surface area contributed by atoms with Gasteiger partial charge in [-0.05, 0) is 32.1 Å². The van der Waals surface area contributed by atoms with Gasteiger partial charge in [0.2, 0.25) is 0 Å². The minimum absolute atomic E-state index is 0.328. The highest BCUT2D eigenvalue weighted by atomic mass is 32.2. The van der Waals surface area contributed by atoms with Crippen molar-refractivity contribution in [3.63, 3.8) is 0 Å². The van der Waals surface area contributed by atoms with E-state index in [2.05, 4.69) is 48.7 Å². The Kier molecular flexibility index (Phi) is 6.33. The number of rotatable bonds is 8. The molecule has 1 aromatic rings. The van der Waals surface area contributed by atoms with Crippen LogP contribution in [0, 0.1) is 0 Å². The van der Waals surface area contributed by atoms with Crippen molar-refractivity contribution in [1.82, 2.24) is 4.98 Å². The highest BCUT2D eigenvalue weighted by Crippen LogP contribution is 2.30. The Labute approximate surface area is 115 Å². The molecule has 1 aromatic heterocycles. The Morgan fingerprint density at radius 2 is 1.72 bits per heavy atom. The van der Waals surface area contributed by atoms with Crippen molar-refractivity contribution in [2.24, 2.45) is 0 Å². The number of anilines is 2. The van der Waals surface area contributed by atoms with E-state index in [9.17, 15) is 0 Å². The fraction of sp³-hybridized carbons (Fsp3) is 0.643. The summed E-state index contributed by atoms with van der Waals surface area (Å²) in [6.45, 7) is 8.51. The number of hydrogen-bond acceptors (Lipinski definition) is 4. The quantitative estimate of drug-likeness (QED) is 0.750. The second-order valence-electron chi connectivity index (χ2n) is 4.44. The van der Waals surface area contributed by atoms with Crippen LogP contribution in [-0.4, -0.2) is 29.1 Å². The first-order chi connectivity index (χ1) is 8.69. The van der Waals surface area contributed by atoms with Crippen LogP contribution in [0.15, 0.2) is 18.5 Å². The lowest BCUT2D eigenvalue weighted by atomic mass is 10.0. The molecule has 0 amide bonds. The molecule has 0 radical (unpaired) electrons. The van der Waals surface area contributed by atoms with Crippen molar-refractivity contribution < 1.29 is 0 Å². The van der Waals surface area contributed by atoms with Crippen LogP contribution in [-0.2, 0) is 0 Å². The van der Waals surface area contributed by atoms with Crippen molar-refractivity contribution in [1.29, 1.82) is 0 Å². The molecular weight excluding hydrogens is 242 g/mol. The smallest absolute Gasteiger partial charge is 0.0547 e. The van der Waals surface area contributed by atoms with Gasteiger partial charge in [-0.25, -0.2) is 0 Å². The largest absolute Gasteiger partial charge is 0.384 e. The van der Waals surface area contributed by atoms with E-state index in [-0.39, 0.29) is 0 Å². The van der Waals surface area contributed by atoms with Gasteiger partial charge in [0.25, 0.3) is 0 Å². The Bertz CT molecular complexity index is 342. The predicted molar refractivity (Wildman–Crippen MR) is 83.7 cm³/mol. The summed E-state index contributed by atoms with van der Waals surface area (Å²) in [7, 11) is 0. The summed E-state index contributed by atoms with van der Waals surface area (Å²) >= 11 is 1.95. The molecule has 0 fully saturated rings. The van der Waals surface area contributed by atoms with E-state index in [0.717, 1.165) is 24.5 Å². The summed E-state index contributed by atoms with van der Waals surface area (Å²) in [4.78, 5) is 4.25. The van der Waals surface area contributed by atoms with Crippen molar-refractivity contribution >= 4 is 23.1 Å². The molecule has 1 heterocycles. The second kappa shape index (κ2) is 7.52. The first kappa shape index (κ1) is 15.2. The molecule has 0 saturated carbocycles. The summed E-state index contributed by atoms with van der Waals surface area (Å²) in [5, 5.41) is 6.79. The van der Waals surface area contributed by atoms with Crippen LogP contribution in [0.2, 0.25) is 0 Å². The van der Waals surface area contributed by atoms with Gasteiger partial charge in [0, 0.05) is 17.8 Å². The SMILES string of the molecule is CCNc1cncc(NCC(CC)(CC)SC)c1. The lowest BCUT2D eigenvalue weighted by Gasteiger charge is -2.30. The monoisotopic (exact) mass is 267 g/mol. The second-order valence-corrected chi connectivity index (χ2v) is 5.71. The first-order valence-electron chi connectivity index (χ1n) is 6.67. The van der Waals surface area contributed by atoms with Crippen molar-refractivity contribution in [2.45, 2.75) is 38.4 Å². The maximum Gasteiger partial charge on any atom is 0.0547 e. The maximum absolute atomic E-state index is 4.25. The van der Waals surface area contributed by atoms with Crippen LogP contribution in [0.3, 0.4) is 0 Å². The van der Waals surface area contributed by atoms with Crippen molar-refractivity contribution in [2.75, 3.05) is 30.0 Å². The third kappa shape index (κ3) is 4.09. The molecule has 0 atom stereocenters. The minimum atomic E-state index is 0.328. The topological polar surface area (TPSA) is 37.0 Å². The first-order valence-corrected chi connectivity index (χ1v) is 7.90. The van der Waals surface area contributed by atoms with E-state index in [4.69, 9.17) is 0 Å². The third-order valence-electron chi connectivity index (χ3n) is 3.46. The zero-order chi connectivity index (χ0) is 13.4. The van der Waals surface area contributed by atoms with Gasteiger partial charge in [0.05, 0.1) is 23.8 Å². The molecule has 18 heavy (non-hydrogen) atoms. The highest BCUT2D eigenvalue weighted by molar-refractivity contribution is 8.00. The van der Waals surface area contributed by atoms with Gasteiger partial charge in [-0.15, -0.1) is 0 Å². The van der Waals surface area contributed by atoms with Crippen LogP contribution in [0.5, 0.6) is 0 Å². The van der Waals surface area contributed by atoms with Gasteiger partial charge in [0.15, 0.2) is 0 Å². The molecular formula is C14H25N3S. The number of hydrogen-bond donors (Lipinski definition) is 2. The third-order valence-corrected chi connectivity index (χ3v) is 5.04. The predicted octanol–water partition coefficient (Wildman–Crippen LogP) is 3.85. The van der Waals surface area contributed by atoms with Gasteiger partial charge in [-0.2, -0.15) is 11.8 Å². The van der Waals surface area contributed by atoms with E-state index in [1.54, 1.807) is 0 Å². The van der Waals surface area contributed by atoms with Gasteiger partial charge >= 0.3 is 0 Å². The molecule has 102 valence electrons.